The highest BCUT2D eigenvalue weighted by Gasteiger charge is 2.09. The number of amides is 1. The van der Waals surface area contributed by atoms with Crippen molar-refractivity contribution in [3.8, 4) is 0 Å². The van der Waals surface area contributed by atoms with Gasteiger partial charge >= 0.3 is 0 Å². The molecule has 0 fully saturated rings. The maximum atomic E-state index is 11.6. The largest absolute Gasteiger partial charge is 0.346 e. The van der Waals surface area contributed by atoms with Crippen LogP contribution in [0.15, 0.2) is 17.6 Å². The summed E-state index contributed by atoms with van der Waals surface area (Å²) in [5.74, 6) is -0.204. The van der Waals surface area contributed by atoms with Gasteiger partial charge in [-0.3, -0.25) is 4.79 Å². The highest BCUT2D eigenvalue weighted by Crippen LogP contribution is 2.16. The minimum Gasteiger partial charge on any atom is -0.346 e. The maximum Gasteiger partial charge on any atom is 0.273 e. The van der Waals surface area contributed by atoms with Gasteiger partial charge in [0.05, 0.1) is 12.7 Å². The van der Waals surface area contributed by atoms with Crippen LogP contribution in [0.1, 0.15) is 27.9 Å². The number of aryl methyl sites for hydroxylation is 1. The van der Waals surface area contributed by atoms with Gasteiger partial charge in [0.15, 0.2) is 5.69 Å². The predicted molar refractivity (Wildman–Crippen MR) is 61.2 cm³/mol. The van der Waals surface area contributed by atoms with E-state index in [1.165, 1.54) is 16.6 Å². The lowest BCUT2D eigenvalue weighted by atomic mass is 10.2. The van der Waals surface area contributed by atoms with Gasteiger partial charge in [-0.2, -0.15) is 15.4 Å². The zero-order chi connectivity index (χ0) is 11.4. The number of carbonyl (C=O) groups excluding carboxylic acids is 1. The lowest BCUT2D eigenvalue weighted by Crippen LogP contribution is -2.23. The topological polar surface area (TPSA) is 70.7 Å². The molecular weight excluding hydrogens is 224 g/mol. The fourth-order valence-electron chi connectivity index (χ4n) is 1.40. The Bertz CT molecular complexity index is 463. The van der Waals surface area contributed by atoms with Crippen LogP contribution in [-0.4, -0.2) is 21.3 Å². The first-order valence-corrected chi connectivity index (χ1v) is 5.88. The molecule has 2 aromatic heterocycles. The van der Waals surface area contributed by atoms with E-state index < -0.39 is 0 Å². The molecule has 2 rings (SSSR count). The summed E-state index contributed by atoms with van der Waals surface area (Å²) in [5.41, 5.74) is 1.60. The summed E-state index contributed by atoms with van der Waals surface area (Å²) in [6, 6.07) is 2.09. The fourth-order valence-corrected chi connectivity index (χ4v) is 2.32. The van der Waals surface area contributed by atoms with Crippen LogP contribution in [0.2, 0.25) is 0 Å². The third-order valence-corrected chi connectivity index (χ3v) is 3.24. The van der Waals surface area contributed by atoms with Crippen molar-refractivity contribution in [2.75, 3.05) is 0 Å². The van der Waals surface area contributed by atoms with Crippen molar-refractivity contribution in [1.82, 2.24) is 20.7 Å². The van der Waals surface area contributed by atoms with E-state index in [4.69, 9.17) is 0 Å². The number of aromatic amines is 1. The molecule has 16 heavy (non-hydrogen) atoms. The Kier molecular flexibility index (Phi) is 3.31. The monoisotopic (exact) mass is 236 g/mol. The molecule has 0 bridgehead atoms. The van der Waals surface area contributed by atoms with E-state index in [1.54, 1.807) is 11.3 Å². The number of H-pyrrole nitrogens is 1. The minimum atomic E-state index is -0.204. The molecule has 0 saturated heterocycles. The maximum absolute atomic E-state index is 11.6. The van der Waals surface area contributed by atoms with Crippen molar-refractivity contribution in [1.29, 1.82) is 0 Å². The van der Waals surface area contributed by atoms with Crippen LogP contribution in [0.25, 0.3) is 0 Å². The number of rotatable bonds is 4. The SMILES string of the molecule is CCc1ccsc1CNC(=O)c1cn[nH]n1. The Morgan fingerprint density at radius 1 is 1.62 bits per heavy atom. The zero-order valence-electron chi connectivity index (χ0n) is 8.86. The third-order valence-electron chi connectivity index (χ3n) is 2.28. The number of thiophene rings is 1. The molecule has 2 aromatic rings. The van der Waals surface area contributed by atoms with Gasteiger partial charge in [-0.25, -0.2) is 0 Å². The smallest absolute Gasteiger partial charge is 0.273 e. The van der Waals surface area contributed by atoms with Crippen LogP contribution in [0.5, 0.6) is 0 Å². The Hall–Kier alpha value is -1.69. The van der Waals surface area contributed by atoms with Crippen molar-refractivity contribution in [3.05, 3.63) is 33.8 Å². The van der Waals surface area contributed by atoms with E-state index in [9.17, 15) is 4.79 Å². The van der Waals surface area contributed by atoms with Crippen LogP contribution in [0, 0.1) is 0 Å². The quantitative estimate of drug-likeness (QED) is 0.842. The Balaban J connectivity index is 1.95. The number of hydrogen-bond acceptors (Lipinski definition) is 4. The molecule has 0 saturated carbocycles. The molecule has 0 spiro atoms. The summed E-state index contributed by atoms with van der Waals surface area (Å²) in [6.07, 6.45) is 2.39. The van der Waals surface area contributed by atoms with E-state index in [0.29, 0.717) is 12.2 Å². The molecule has 0 aliphatic carbocycles. The summed E-state index contributed by atoms with van der Waals surface area (Å²) in [7, 11) is 0. The van der Waals surface area contributed by atoms with Crippen LogP contribution in [0.4, 0.5) is 0 Å². The number of nitrogens with zero attached hydrogens (tertiary/aromatic N) is 2. The highest BCUT2D eigenvalue weighted by atomic mass is 32.1. The number of carbonyl (C=O) groups is 1. The molecule has 0 aliphatic rings. The van der Waals surface area contributed by atoms with Gasteiger partial charge in [-0.1, -0.05) is 6.92 Å². The normalized spacial score (nSPS) is 10.3. The van der Waals surface area contributed by atoms with Crippen LogP contribution in [-0.2, 0) is 13.0 Å². The molecule has 0 atom stereocenters. The van der Waals surface area contributed by atoms with Gasteiger partial charge in [0.25, 0.3) is 5.91 Å². The summed E-state index contributed by atoms with van der Waals surface area (Å²) >= 11 is 1.65. The van der Waals surface area contributed by atoms with E-state index in [1.807, 2.05) is 5.38 Å². The minimum absolute atomic E-state index is 0.204. The molecule has 2 heterocycles. The first-order valence-electron chi connectivity index (χ1n) is 5.00. The van der Waals surface area contributed by atoms with Gasteiger partial charge in [0.1, 0.15) is 0 Å². The summed E-state index contributed by atoms with van der Waals surface area (Å²) in [6.45, 7) is 2.65. The highest BCUT2D eigenvalue weighted by molar-refractivity contribution is 7.10. The molecule has 84 valence electrons. The van der Waals surface area contributed by atoms with Crippen molar-refractivity contribution >= 4 is 17.2 Å². The summed E-state index contributed by atoms with van der Waals surface area (Å²) in [4.78, 5) is 12.8. The molecule has 6 heteroatoms. The summed E-state index contributed by atoms with van der Waals surface area (Å²) in [5, 5.41) is 14.6. The van der Waals surface area contributed by atoms with Gasteiger partial charge in [0.2, 0.25) is 0 Å². The molecule has 0 unspecified atom stereocenters. The first-order chi connectivity index (χ1) is 7.81. The predicted octanol–water partition coefficient (Wildman–Crippen LogP) is 1.36. The fraction of sp³-hybridized carbons (Fsp3) is 0.300. The van der Waals surface area contributed by atoms with Crippen LogP contribution in [0.3, 0.4) is 0 Å². The van der Waals surface area contributed by atoms with E-state index in [-0.39, 0.29) is 5.91 Å². The lowest BCUT2D eigenvalue weighted by Gasteiger charge is -2.02. The molecule has 0 aliphatic heterocycles. The van der Waals surface area contributed by atoms with E-state index in [2.05, 4.69) is 33.7 Å². The molecule has 0 aromatic carbocycles. The molecule has 0 radical (unpaired) electrons. The molecule has 2 N–H and O–H groups in total. The van der Waals surface area contributed by atoms with Crippen molar-refractivity contribution in [3.63, 3.8) is 0 Å². The third kappa shape index (κ3) is 2.27. The van der Waals surface area contributed by atoms with E-state index >= 15 is 0 Å². The average Bonchev–Trinajstić information content (AvgIpc) is 2.96. The van der Waals surface area contributed by atoms with Crippen LogP contribution >= 0.6 is 11.3 Å². The number of nitrogens with one attached hydrogen (secondary N) is 2. The van der Waals surface area contributed by atoms with Crippen molar-refractivity contribution < 1.29 is 4.79 Å². The zero-order valence-corrected chi connectivity index (χ0v) is 9.67. The second-order valence-corrected chi connectivity index (χ2v) is 4.26. The second-order valence-electron chi connectivity index (χ2n) is 3.26. The van der Waals surface area contributed by atoms with Gasteiger partial charge < -0.3 is 5.32 Å². The average molecular weight is 236 g/mol. The van der Waals surface area contributed by atoms with Gasteiger partial charge in [0, 0.05) is 4.88 Å². The number of hydrogen-bond donors (Lipinski definition) is 2. The van der Waals surface area contributed by atoms with Crippen molar-refractivity contribution in [2.45, 2.75) is 19.9 Å². The Labute approximate surface area is 96.9 Å². The molecular formula is C10H12N4OS. The second kappa shape index (κ2) is 4.89. The number of aromatic nitrogens is 3. The Morgan fingerprint density at radius 3 is 3.19 bits per heavy atom. The summed E-state index contributed by atoms with van der Waals surface area (Å²) < 4.78 is 0. The molecule has 1 amide bonds. The van der Waals surface area contributed by atoms with Crippen LogP contribution < -0.4 is 5.32 Å². The van der Waals surface area contributed by atoms with Crippen molar-refractivity contribution in [2.24, 2.45) is 0 Å². The van der Waals surface area contributed by atoms with Gasteiger partial charge in [-0.15, -0.1) is 11.3 Å². The standard InChI is InChI=1S/C10H12N4OS/c1-2-7-3-4-16-9(7)6-11-10(15)8-5-12-14-13-8/h3-5H,2,6H2,1H3,(H,11,15)(H,12,13,14). The van der Waals surface area contributed by atoms with Gasteiger partial charge in [-0.05, 0) is 23.4 Å². The molecule has 5 nitrogen and oxygen atoms in total. The Morgan fingerprint density at radius 2 is 2.50 bits per heavy atom. The first kappa shape index (κ1) is 10.8. The van der Waals surface area contributed by atoms with E-state index in [0.717, 1.165) is 6.42 Å². The lowest BCUT2D eigenvalue weighted by molar-refractivity contribution is 0.0946.